The van der Waals surface area contributed by atoms with Crippen LogP contribution in [0.3, 0.4) is 0 Å². The molecule has 0 atom stereocenters. The normalized spacial score (nSPS) is 10.8. The van der Waals surface area contributed by atoms with Crippen LogP contribution in [-0.4, -0.2) is 22.1 Å². The molecule has 118 valence electrons. The Bertz CT molecular complexity index is 875. The summed E-state index contributed by atoms with van der Waals surface area (Å²) in [4.78, 5) is 26.6. The summed E-state index contributed by atoms with van der Waals surface area (Å²) in [7, 11) is 0. The van der Waals surface area contributed by atoms with Crippen LogP contribution in [0.1, 0.15) is 22.3 Å². The fourth-order valence-corrected chi connectivity index (χ4v) is 2.49. The van der Waals surface area contributed by atoms with Gasteiger partial charge in [0, 0.05) is 6.54 Å². The minimum absolute atomic E-state index is 0.143. The van der Waals surface area contributed by atoms with E-state index < -0.39 is 0 Å². The molecule has 0 aliphatic carbocycles. The van der Waals surface area contributed by atoms with Crippen LogP contribution < -0.4 is 5.69 Å². The van der Waals surface area contributed by atoms with E-state index in [4.69, 9.17) is 4.74 Å². The van der Waals surface area contributed by atoms with Crippen molar-refractivity contribution in [2.75, 3.05) is 6.61 Å². The molecule has 0 fully saturated rings. The molecule has 0 saturated carbocycles. The number of rotatable bonds is 5. The number of aryl methyl sites for hydroxylation is 2. The summed E-state index contributed by atoms with van der Waals surface area (Å²) in [6.07, 6.45) is 0.583. The third-order valence-corrected chi connectivity index (χ3v) is 3.73. The predicted octanol–water partition coefficient (Wildman–Crippen LogP) is 2.89. The molecule has 3 rings (SSSR count). The van der Waals surface area contributed by atoms with Crippen molar-refractivity contribution in [2.45, 2.75) is 19.9 Å². The van der Waals surface area contributed by atoms with E-state index in [-0.39, 0.29) is 18.3 Å². The number of aromatic amines is 1. The van der Waals surface area contributed by atoms with E-state index in [0.717, 1.165) is 16.6 Å². The zero-order valence-corrected chi connectivity index (χ0v) is 12.9. The Morgan fingerprint density at radius 2 is 1.87 bits per heavy atom. The molecule has 0 aliphatic rings. The van der Waals surface area contributed by atoms with Gasteiger partial charge in [-0.1, -0.05) is 29.8 Å². The highest BCUT2D eigenvalue weighted by atomic mass is 16.5. The van der Waals surface area contributed by atoms with E-state index in [2.05, 4.69) is 4.98 Å². The maximum atomic E-state index is 11.9. The van der Waals surface area contributed by atoms with Gasteiger partial charge in [-0.05, 0) is 37.6 Å². The number of H-pyrrole nitrogens is 1. The standard InChI is InChI=1S/C18H18N2O3/c1-13-7-9-14(10-8-13)17(21)23-12-4-11-20-16-6-3-2-5-15(16)19-18(20)22/h2-3,5-10H,4,11-12H2,1H3,(H,19,22). The highest BCUT2D eigenvalue weighted by Gasteiger charge is 2.08. The quantitative estimate of drug-likeness (QED) is 0.582. The molecule has 0 aliphatic heterocycles. The molecule has 1 heterocycles. The first-order valence-corrected chi connectivity index (χ1v) is 7.56. The zero-order valence-electron chi connectivity index (χ0n) is 12.9. The van der Waals surface area contributed by atoms with Crippen molar-refractivity contribution in [1.82, 2.24) is 9.55 Å². The van der Waals surface area contributed by atoms with Crippen LogP contribution in [0, 0.1) is 6.92 Å². The number of aromatic nitrogens is 2. The largest absolute Gasteiger partial charge is 0.462 e. The van der Waals surface area contributed by atoms with Crippen LogP contribution in [0.5, 0.6) is 0 Å². The summed E-state index contributed by atoms with van der Waals surface area (Å²) < 4.78 is 6.92. The second kappa shape index (κ2) is 6.52. The summed E-state index contributed by atoms with van der Waals surface area (Å²) in [5.41, 5.74) is 3.17. The van der Waals surface area contributed by atoms with Gasteiger partial charge in [-0.15, -0.1) is 0 Å². The van der Waals surface area contributed by atoms with Crippen LogP contribution in [0.2, 0.25) is 0 Å². The Morgan fingerprint density at radius 1 is 1.13 bits per heavy atom. The lowest BCUT2D eigenvalue weighted by molar-refractivity contribution is 0.0496. The molecule has 0 saturated heterocycles. The molecular formula is C18H18N2O3. The fourth-order valence-electron chi connectivity index (χ4n) is 2.49. The number of imidazole rings is 1. The van der Waals surface area contributed by atoms with Gasteiger partial charge in [-0.2, -0.15) is 0 Å². The molecule has 5 nitrogen and oxygen atoms in total. The van der Waals surface area contributed by atoms with Crippen molar-refractivity contribution >= 4 is 17.0 Å². The third-order valence-electron chi connectivity index (χ3n) is 3.73. The number of hydrogen-bond acceptors (Lipinski definition) is 3. The van der Waals surface area contributed by atoms with Crippen molar-refractivity contribution in [1.29, 1.82) is 0 Å². The van der Waals surface area contributed by atoms with Crippen molar-refractivity contribution in [2.24, 2.45) is 0 Å². The number of hydrogen-bond donors (Lipinski definition) is 1. The van der Waals surface area contributed by atoms with Crippen molar-refractivity contribution < 1.29 is 9.53 Å². The lowest BCUT2D eigenvalue weighted by Crippen LogP contribution is -2.18. The minimum atomic E-state index is -0.337. The monoisotopic (exact) mass is 310 g/mol. The van der Waals surface area contributed by atoms with Gasteiger partial charge < -0.3 is 9.72 Å². The Hall–Kier alpha value is -2.82. The highest BCUT2D eigenvalue weighted by Crippen LogP contribution is 2.10. The van der Waals surface area contributed by atoms with E-state index in [1.165, 1.54) is 0 Å². The van der Waals surface area contributed by atoms with Crippen molar-refractivity contribution in [3.8, 4) is 0 Å². The number of esters is 1. The lowest BCUT2D eigenvalue weighted by Gasteiger charge is -2.06. The fraction of sp³-hybridized carbons (Fsp3) is 0.222. The lowest BCUT2D eigenvalue weighted by atomic mass is 10.1. The summed E-state index contributed by atoms with van der Waals surface area (Å²) in [6.45, 7) is 2.75. The van der Waals surface area contributed by atoms with Crippen LogP contribution >= 0.6 is 0 Å². The average molecular weight is 310 g/mol. The molecule has 0 bridgehead atoms. The van der Waals surface area contributed by atoms with E-state index in [0.29, 0.717) is 18.5 Å². The van der Waals surface area contributed by atoms with Gasteiger partial charge in [-0.25, -0.2) is 9.59 Å². The van der Waals surface area contributed by atoms with E-state index in [9.17, 15) is 9.59 Å². The zero-order chi connectivity index (χ0) is 16.2. The number of fused-ring (bicyclic) bond motifs is 1. The summed E-state index contributed by atoms with van der Waals surface area (Å²) in [5, 5.41) is 0. The smallest absolute Gasteiger partial charge is 0.338 e. The molecule has 1 N–H and O–H groups in total. The Balaban J connectivity index is 1.57. The molecule has 3 aromatic rings. The van der Waals surface area contributed by atoms with Gasteiger partial charge >= 0.3 is 11.7 Å². The third kappa shape index (κ3) is 3.34. The second-order valence-electron chi connectivity index (χ2n) is 5.45. The number of para-hydroxylation sites is 2. The molecule has 1 aromatic heterocycles. The number of ether oxygens (including phenoxy) is 1. The van der Waals surface area contributed by atoms with Crippen molar-refractivity contribution in [3.05, 3.63) is 70.1 Å². The maximum absolute atomic E-state index is 11.9. The SMILES string of the molecule is Cc1ccc(C(=O)OCCCn2c(=O)[nH]c3ccccc32)cc1. The molecule has 0 unspecified atom stereocenters. The number of carbonyl (C=O) groups excluding carboxylic acids is 1. The average Bonchev–Trinajstić information content (AvgIpc) is 2.87. The Kier molecular flexibility index (Phi) is 4.28. The summed E-state index contributed by atoms with van der Waals surface area (Å²) in [5.74, 6) is -0.337. The molecule has 5 heteroatoms. The highest BCUT2D eigenvalue weighted by molar-refractivity contribution is 5.89. The van der Waals surface area contributed by atoms with Crippen LogP contribution in [0.15, 0.2) is 53.3 Å². The van der Waals surface area contributed by atoms with E-state index >= 15 is 0 Å². The van der Waals surface area contributed by atoms with Gasteiger partial charge in [0.2, 0.25) is 0 Å². The molecule has 23 heavy (non-hydrogen) atoms. The number of benzene rings is 2. The van der Waals surface area contributed by atoms with Crippen LogP contribution in [0.25, 0.3) is 11.0 Å². The molecule has 0 spiro atoms. The van der Waals surface area contributed by atoms with Gasteiger partial charge in [0.05, 0.1) is 23.2 Å². The number of nitrogens with one attached hydrogen (secondary N) is 1. The first-order chi connectivity index (χ1) is 11.1. The Labute approximate surface area is 133 Å². The number of carbonyl (C=O) groups is 1. The van der Waals surface area contributed by atoms with Gasteiger partial charge in [0.25, 0.3) is 0 Å². The first-order valence-electron chi connectivity index (χ1n) is 7.56. The maximum Gasteiger partial charge on any atom is 0.338 e. The van der Waals surface area contributed by atoms with Gasteiger partial charge in [-0.3, -0.25) is 4.57 Å². The first kappa shape index (κ1) is 15.1. The minimum Gasteiger partial charge on any atom is -0.462 e. The van der Waals surface area contributed by atoms with Gasteiger partial charge in [0.1, 0.15) is 0 Å². The predicted molar refractivity (Wildman–Crippen MR) is 88.6 cm³/mol. The summed E-state index contributed by atoms with van der Waals surface area (Å²) in [6, 6.07) is 14.8. The molecule has 2 aromatic carbocycles. The molecular weight excluding hydrogens is 292 g/mol. The van der Waals surface area contributed by atoms with E-state index in [1.54, 1.807) is 16.7 Å². The number of nitrogens with zero attached hydrogens (tertiary/aromatic N) is 1. The Morgan fingerprint density at radius 3 is 2.65 bits per heavy atom. The van der Waals surface area contributed by atoms with Crippen LogP contribution in [0.4, 0.5) is 0 Å². The van der Waals surface area contributed by atoms with Gasteiger partial charge in [0.15, 0.2) is 0 Å². The molecule has 0 radical (unpaired) electrons. The topological polar surface area (TPSA) is 64.1 Å². The van der Waals surface area contributed by atoms with Crippen molar-refractivity contribution in [3.63, 3.8) is 0 Å². The van der Waals surface area contributed by atoms with E-state index in [1.807, 2.05) is 43.3 Å². The van der Waals surface area contributed by atoms with Crippen LogP contribution in [-0.2, 0) is 11.3 Å². The second-order valence-corrected chi connectivity index (χ2v) is 5.45. The molecule has 0 amide bonds. The summed E-state index contributed by atoms with van der Waals surface area (Å²) >= 11 is 0.